The Labute approximate surface area is 557 Å². The molecule has 0 bridgehead atoms. The van der Waals surface area contributed by atoms with Gasteiger partial charge >= 0.3 is 5.97 Å². The van der Waals surface area contributed by atoms with Crippen molar-refractivity contribution in [2.75, 3.05) is 13.2 Å². The summed E-state index contributed by atoms with van der Waals surface area (Å²) < 4.78 is 5.48. The normalized spacial score (nSPS) is 12.6. The van der Waals surface area contributed by atoms with Crippen molar-refractivity contribution in [2.45, 2.75) is 469 Å². The monoisotopic (exact) mass is 1250 g/mol. The second-order valence-electron chi connectivity index (χ2n) is 28.1. The third kappa shape index (κ3) is 75.0. The van der Waals surface area contributed by atoms with Crippen molar-refractivity contribution in [1.29, 1.82) is 0 Å². The summed E-state index contributed by atoms with van der Waals surface area (Å²) in [5.41, 5.74) is 0. The van der Waals surface area contributed by atoms with Crippen molar-refractivity contribution < 1.29 is 24.5 Å². The maximum Gasteiger partial charge on any atom is 0.305 e. The fourth-order valence-electron chi connectivity index (χ4n) is 13.0. The van der Waals surface area contributed by atoms with Gasteiger partial charge in [0.15, 0.2) is 0 Å². The molecule has 0 aliphatic carbocycles. The van der Waals surface area contributed by atoms with Gasteiger partial charge in [0, 0.05) is 12.8 Å². The molecule has 0 radical (unpaired) electrons. The number of carbonyl (C=O) groups is 2. The van der Waals surface area contributed by atoms with Crippen molar-refractivity contribution >= 4 is 11.9 Å². The van der Waals surface area contributed by atoms with Crippen LogP contribution in [0, 0.1) is 0 Å². The van der Waals surface area contributed by atoms with E-state index in [1.54, 1.807) is 0 Å². The molecule has 1 amide bonds. The molecule has 0 heterocycles. The summed E-state index contributed by atoms with van der Waals surface area (Å²) >= 11 is 0. The summed E-state index contributed by atoms with van der Waals surface area (Å²) in [7, 11) is 0. The molecule has 2 atom stereocenters. The lowest BCUT2D eigenvalue weighted by Crippen LogP contribution is -2.45. The Morgan fingerprint density at radius 1 is 0.315 bits per heavy atom. The van der Waals surface area contributed by atoms with E-state index in [9.17, 15) is 19.8 Å². The van der Waals surface area contributed by atoms with Crippen LogP contribution in [0.15, 0.2) is 36.5 Å². The van der Waals surface area contributed by atoms with Crippen LogP contribution in [0.1, 0.15) is 457 Å². The zero-order valence-corrected chi connectivity index (χ0v) is 60.4. The molecule has 0 spiro atoms. The second kappa shape index (κ2) is 78.5. The van der Waals surface area contributed by atoms with E-state index in [2.05, 4.69) is 55.6 Å². The highest BCUT2D eigenvalue weighted by Gasteiger charge is 2.20. The van der Waals surface area contributed by atoms with E-state index in [1.165, 1.54) is 372 Å². The summed E-state index contributed by atoms with van der Waals surface area (Å²) in [4.78, 5) is 24.6. The van der Waals surface area contributed by atoms with E-state index >= 15 is 0 Å². The Morgan fingerprint density at radius 3 is 0.888 bits per heavy atom. The van der Waals surface area contributed by atoms with Crippen molar-refractivity contribution in [3.8, 4) is 0 Å². The third-order valence-electron chi connectivity index (χ3n) is 19.2. The van der Waals surface area contributed by atoms with Gasteiger partial charge in [-0.15, -0.1) is 0 Å². The first-order chi connectivity index (χ1) is 44.0. The molecule has 0 saturated carbocycles. The van der Waals surface area contributed by atoms with Crippen LogP contribution in [-0.2, 0) is 14.3 Å². The summed E-state index contributed by atoms with van der Waals surface area (Å²) in [6, 6.07) is -0.540. The maximum absolute atomic E-state index is 12.6. The van der Waals surface area contributed by atoms with Crippen molar-refractivity contribution in [3.05, 3.63) is 36.5 Å². The maximum atomic E-state index is 12.6. The quantitative estimate of drug-likeness (QED) is 0.0320. The van der Waals surface area contributed by atoms with Crippen LogP contribution in [0.2, 0.25) is 0 Å². The van der Waals surface area contributed by atoms with Crippen molar-refractivity contribution in [1.82, 2.24) is 5.32 Å². The fourth-order valence-corrected chi connectivity index (χ4v) is 13.0. The number of rotatable bonds is 77. The number of aliphatic hydroxyl groups is 2. The zero-order chi connectivity index (χ0) is 64.2. The smallest absolute Gasteiger partial charge is 0.305 e. The van der Waals surface area contributed by atoms with E-state index in [4.69, 9.17) is 4.74 Å². The van der Waals surface area contributed by atoms with E-state index in [-0.39, 0.29) is 18.5 Å². The summed E-state index contributed by atoms with van der Waals surface area (Å²) in [5, 5.41) is 23.5. The fraction of sp³-hybridized carbons (Fsp3) is 0.904. The van der Waals surface area contributed by atoms with E-state index in [0.717, 1.165) is 51.4 Å². The minimum absolute atomic E-state index is 0.0108. The average Bonchev–Trinajstić information content (AvgIpc) is 3.65. The third-order valence-corrected chi connectivity index (χ3v) is 19.2. The van der Waals surface area contributed by atoms with Crippen molar-refractivity contribution in [3.63, 3.8) is 0 Å². The second-order valence-corrected chi connectivity index (χ2v) is 28.1. The SMILES string of the molecule is CCCCC/C=C\CCCCCCCC(=O)OCCCCCCCCCCCCCCCCC/C=C\C/C=C\CCCCCCCCCCCCCCCCCCCC(=O)NC(CO)C(O)CCCCCCCCCCCCCCCCCCCCCCC. The highest BCUT2D eigenvalue weighted by atomic mass is 16.5. The zero-order valence-electron chi connectivity index (χ0n) is 60.4. The number of esters is 1. The van der Waals surface area contributed by atoms with Gasteiger partial charge in [0.25, 0.3) is 0 Å². The molecular formula is C83H159NO5. The molecule has 0 aliphatic heterocycles. The number of nitrogens with one attached hydrogen (secondary N) is 1. The molecule has 0 aromatic rings. The molecule has 0 aliphatic rings. The van der Waals surface area contributed by atoms with Crippen LogP contribution in [0.5, 0.6) is 0 Å². The lowest BCUT2D eigenvalue weighted by Gasteiger charge is -2.22. The number of amides is 1. The number of aliphatic hydroxyl groups excluding tert-OH is 2. The Bertz CT molecular complexity index is 1440. The Hall–Kier alpha value is -1.92. The molecule has 0 saturated heterocycles. The molecule has 0 aromatic heterocycles. The van der Waals surface area contributed by atoms with Crippen LogP contribution in [0.4, 0.5) is 0 Å². The molecule has 0 fully saturated rings. The molecule has 0 aromatic carbocycles. The van der Waals surface area contributed by atoms with E-state index < -0.39 is 12.1 Å². The van der Waals surface area contributed by atoms with Crippen LogP contribution in [0.25, 0.3) is 0 Å². The minimum atomic E-state index is -0.663. The Kier molecular flexibility index (Phi) is 76.8. The number of hydrogen-bond acceptors (Lipinski definition) is 5. The Balaban J connectivity index is 3.36. The van der Waals surface area contributed by atoms with Gasteiger partial charge in [-0.3, -0.25) is 9.59 Å². The van der Waals surface area contributed by atoms with Gasteiger partial charge < -0.3 is 20.3 Å². The van der Waals surface area contributed by atoms with Crippen molar-refractivity contribution in [2.24, 2.45) is 0 Å². The molecule has 0 rings (SSSR count). The van der Waals surface area contributed by atoms with Gasteiger partial charge in [0.1, 0.15) is 0 Å². The van der Waals surface area contributed by atoms with Gasteiger partial charge in [-0.05, 0) is 83.5 Å². The first-order valence-corrected chi connectivity index (χ1v) is 40.7. The topological polar surface area (TPSA) is 95.9 Å². The first-order valence-electron chi connectivity index (χ1n) is 40.7. The predicted octanol–water partition coefficient (Wildman–Crippen LogP) is 27.0. The largest absolute Gasteiger partial charge is 0.466 e. The lowest BCUT2D eigenvalue weighted by molar-refractivity contribution is -0.143. The number of carbonyl (C=O) groups excluding carboxylic acids is 2. The average molecular weight is 1250 g/mol. The molecule has 6 heteroatoms. The van der Waals surface area contributed by atoms with Gasteiger partial charge in [-0.1, -0.05) is 397 Å². The van der Waals surface area contributed by atoms with E-state index in [0.29, 0.717) is 25.9 Å². The molecule has 3 N–H and O–H groups in total. The van der Waals surface area contributed by atoms with Crippen LogP contribution in [-0.4, -0.2) is 47.4 Å². The number of allylic oxidation sites excluding steroid dienone is 6. The first kappa shape index (κ1) is 87.1. The van der Waals surface area contributed by atoms with Gasteiger partial charge in [0.05, 0.1) is 25.4 Å². The standard InChI is InChI=1S/C83H159NO5/c1-3-5-7-9-11-13-15-17-18-19-20-40-43-46-49-52-55-59-63-67-71-75-81(86)80(79-85)84-82(87)76-72-68-64-60-56-53-50-47-44-41-38-36-34-32-30-28-26-24-22-21-23-25-27-29-31-33-35-37-39-42-45-48-51-54-58-62-66-70-74-78-89-83(88)77-73-69-65-61-57-16-14-12-10-8-6-4-2/h12,14,21-22,25,27,80-81,85-86H,3-11,13,15-20,23-24,26,28-79H2,1-2H3,(H,84,87)/b14-12-,22-21-,27-25-. The Morgan fingerprint density at radius 2 is 0.562 bits per heavy atom. The van der Waals surface area contributed by atoms with E-state index in [1.807, 2.05) is 0 Å². The number of ether oxygens (including phenoxy) is 1. The minimum Gasteiger partial charge on any atom is -0.466 e. The highest BCUT2D eigenvalue weighted by Crippen LogP contribution is 2.20. The van der Waals surface area contributed by atoms with Crippen LogP contribution < -0.4 is 5.32 Å². The van der Waals surface area contributed by atoms with Gasteiger partial charge in [0.2, 0.25) is 5.91 Å². The molecule has 89 heavy (non-hydrogen) atoms. The summed E-state index contributed by atoms with van der Waals surface area (Å²) in [6.45, 7) is 4.97. The predicted molar refractivity (Wildman–Crippen MR) is 393 cm³/mol. The number of unbranched alkanes of at least 4 members (excludes halogenated alkanes) is 60. The molecule has 6 nitrogen and oxygen atoms in total. The molecule has 2 unspecified atom stereocenters. The lowest BCUT2D eigenvalue weighted by atomic mass is 10.0. The van der Waals surface area contributed by atoms with Crippen LogP contribution >= 0.6 is 0 Å². The van der Waals surface area contributed by atoms with Crippen LogP contribution in [0.3, 0.4) is 0 Å². The highest BCUT2D eigenvalue weighted by molar-refractivity contribution is 5.76. The molecular weight excluding hydrogens is 1090 g/mol. The number of hydrogen-bond donors (Lipinski definition) is 3. The van der Waals surface area contributed by atoms with Gasteiger partial charge in [-0.25, -0.2) is 0 Å². The summed E-state index contributed by atoms with van der Waals surface area (Å²) in [6.07, 6.45) is 103. The summed E-state index contributed by atoms with van der Waals surface area (Å²) in [5.74, 6) is -0.0160. The molecule has 526 valence electrons. The van der Waals surface area contributed by atoms with Gasteiger partial charge in [-0.2, -0.15) is 0 Å².